The minimum atomic E-state index is 0.0988. The minimum Gasteiger partial charge on any atom is -0.353 e. The van der Waals surface area contributed by atoms with Crippen LogP contribution < -0.4 is 5.32 Å². The maximum atomic E-state index is 12.8. The van der Waals surface area contributed by atoms with Crippen LogP contribution in [0, 0.1) is 5.92 Å². The maximum absolute atomic E-state index is 12.8. The van der Waals surface area contributed by atoms with E-state index in [0.29, 0.717) is 0 Å². The van der Waals surface area contributed by atoms with E-state index in [1.807, 2.05) is 48.8 Å². The van der Waals surface area contributed by atoms with Crippen molar-refractivity contribution in [1.29, 1.82) is 0 Å². The Labute approximate surface area is 225 Å². The number of hydrogen-bond donors (Lipinski definition) is 3. The molecule has 0 bridgehead atoms. The molecule has 0 saturated heterocycles. The van der Waals surface area contributed by atoms with Gasteiger partial charge in [0.2, 0.25) is 5.91 Å². The van der Waals surface area contributed by atoms with Crippen molar-refractivity contribution in [3.63, 3.8) is 0 Å². The third-order valence-corrected chi connectivity index (χ3v) is 7.74. The average molecular weight is 513 g/mol. The van der Waals surface area contributed by atoms with E-state index < -0.39 is 0 Å². The zero-order valence-electron chi connectivity index (χ0n) is 21.4. The molecule has 1 aliphatic rings. The van der Waals surface area contributed by atoms with Gasteiger partial charge < -0.3 is 10.3 Å². The van der Waals surface area contributed by atoms with E-state index in [1.54, 1.807) is 6.20 Å². The van der Waals surface area contributed by atoms with Gasteiger partial charge in [-0.25, -0.2) is 0 Å². The van der Waals surface area contributed by atoms with Crippen LogP contribution in [0.15, 0.2) is 85.3 Å². The van der Waals surface area contributed by atoms with Crippen LogP contribution in [0.2, 0.25) is 0 Å². The molecule has 4 heterocycles. The van der Waals surface area contributed by atoms with Crippen molar-refractivity contribution in [3.8, 4) is 33.8 Å². The Kier molecular flexibility index (Phi) is 5.89. The molecule has 0 spiro atoms. The Bertz CT molecular complexity index is 1800. The molecule has 0 aliphatic heterocycles. The van der Waals surface area contributed by atoms with E-state index in [1.165, 1.54) is 6.42 Å². The molecule has 39 heavy (non-hydrogen) atoms. The third kappa shape index (κ3) is 4.46. The molecule has 7 heteroatoms. The maximum Gasteiger partial charge on any atom is 0.227 e. The summed E-state index contributed by atoms with van der Waals surface area (Å²) in [5.74, 6) is 0.201. The topological polar surface area (TPSA) is 99.3 Å². The number of benzene rings is 2. The Hall–Kier alpha value is -4.78. The van der Waals surface area contributed by atoms with E-state index in [0.717, 1.165) is 86.9 Å². The molecule has 7 nitrogen and oxygen atoms in total. The zero-order valence-corrected chi connectivity index (χ0v) is 21.4. The van der Waals surface area contributed by atoms with Crippen LogP contribution in [0.4, 0.5) is 5.69 Å². The number of H-pyrrole nitrogens is 2. The number of hydrogen-bond acceptors (Lipinski definition) is 4. The van der Waals surface area contributed by atoms with Crippen LogP contribution in [0.25, 0.3) is 55.6 Å². The second-order valence-corrected chi connectivity index (χ2v) is 10.3. The highest BCUT2D eigenvalue weighted by Gasteiger charge is 2.21. The third-order valence-electron chi connectivity index (χ3n) is 7.74. The molecule has 7 rings (SSSR count). The Morgan fingerprint density at radius 1 is 0.846 bits per heavy atom. The van der Waals surface area contributed by atoms with Crippen LogP contribution >= 0.6 is 0 Å². The molecule has 192 valence electrons. The standard InChI is InChI=1S/C32H28N6O/c39-32(20-7-2-1-3-8-20)35-23-15-22(18-33-19-23)21-12-13-29-26(16-21)31(38-37-29)30-17-25-24(9-6-11-28(25)36-30)27-10-4-5-14-34-27/h4-6,9-20,36H,1-3,7-8H2,(H,35,39)(H,37,38). The molecule has 1 saturated carbocycles. The average Bonchev–Trinajstić information content (AvgIpc) is 3.62. The summed E-state index contributed by atoms with van der Waals surface area (Å²) in [5.41, 5.74) is 8.47. The van der Waals surface area contributed by atoms with E-state index in [9.17, 15) is 4.79 Å². The van der Waals surface area contributed by atoms with Gasteiger partial charge in [-0.05, 0) is 60.9 Å². The van der Waals surface area contributed by atoms with Gasteiger partial charge in [0, 0.05) is 45.7 Å². The van der Waals surface area contributed by atoms with E-state index in [2.05, 4.69) is 60.8 Å². The highest BCUT2D eigenvalue weighted by molar-refractivity contribution is 6.01. The van der Waals surface area contributed by atoms with Crippen LogP contribution in [-0.4, -0.2) is 31.1 Å². The first-order valence-corrected chi connectivity index (χ1v) is 13.5. The number of pyridine rings is 2. The smallest absolute Gasteiger partial charge is 0.227 e. The summed E-state index contributed by atoms with van der Waals surface area (Å²) >= 11 is 0. The fraction of sp³-hybridized carbons (Fsp3) is 0.188. The quantitative estimate of drug-likeness (QED) is 0.225. The van der Waals surface area contributed by atoms with Gasteiger partial charge in [-0.3, -0.25) is 19.9 Å². The number of carbonyl (C=O) groups is 1. The van der Waals surface area contributed by atoms with E-state index >= 15 is 0 Å². The highest BCUT2D eigenvalue weighted by atomic mass is 16.1. The van der Waals surface area contributed by atoms with Gasteiger partial charge in [-0.1, -0.05) is 43.5 Å². The summed E-state index contributed by atoms with van der Waals surface area (Å²) in [6, 6.07) is 22.5. The van der Waals surface area contributed by atoms with Gasteiger partial charge in [0.25, 0.3) is 0 Å². The number of nitrogens with one attached hydrogen (secondary N) is 3. The van der Waals surface area contributed by atoms with Gasteiger partial charge in [-0.2, -0.15) is 5.10 Å². The number of fused-ring (bicyclic) bond motifs is 2. The van der Waals surface area contributed by atoms with E-state index in [4.69, 9.17) is 0 Å². The Morgan fingerprint density at radius 2 is 1.77 bits per heavy atom. The lowest BCUT2D eigenvalue weighted by atomic mass is 9.88. The van der Waals surface area contributed by atoms with Gasteiger partial charge >= 0.3 is 0 Å². The van der Waals surface area contributed by atoms with Crippen molar-refractivity contribution >= 4 is 33.4 Å². The summed E-state index contributed by atoms with van der Waals surface area (Å²) in [7, 11) is 0. The molecule has 1 fully saturated rings. The minimum absolute atomic E-state index is 0.0988. The predicted molar refractivity (Wildman–Crippen MR) is 155 cm³/mol. The summed E-state index contributed by atoms with van der Waals surface area (Å²) in [6.45, 7) is 0. The number of aromatic amines is 2. The van der Waals surface area contributed by atoms with Crippen molar-refractivity contribution < 1.29 is 4.79 Å². The summed E-state index contributed by atoms with van der Waals surface area (Å²) in [5, 5.41) is 13.0. The second kappa shape index (κ2) is 9.83. The lowest BCUT2D eigenvalue weighted by molar-refractivity contribution is -0.120. The van der Waals surface area contributed by atoms with Crippen molar-refractivity contribution in [1.82, 2.24) is 25.1 Å². The Balaban J connectivity index is 1.23. The van der Waals surface area contributed by atoms with Crippen molar-refractivity contribution in [2.45, 2.75) is 32.1 Å². The van der Waals surface area contributed by atoms with Gasteiger partial charge in [0.05, 0.1) is 28.8 Å². The molecule has 2 aromatic carbocycles. The summed E-state index contributed by atoms with van der Waals surface area (Å²) in [4.78, 5) is 25.3. The number of aromatic nitrogens is 5. The molecule has 0 atom stereocenters. The van der Waals surface area contributed by atoms with Gasteiger partial charge in [0.15, 0.2) is 0 Å². The molecular formula is C32H28N6O. The van der Waals surface area contributed by atoms with Crippen LogP contribution in [-0.2, 0) is 4.79 Å². The molecule has 1 aliphatic carbocycles. The first-order chi connectivity index (χ1) is 19.2. The predicted octanol–water partition coefficient (Wildman–Crippen LogP) is 7.35. The summed E-state index contributed by atoms with van der Waals surface area (Å²) < 4.78 is 0. The number of anilines is 1. The number of nitrogens with zero attached hydrogens (tertiary/aromatic N) is 3. The van der Waals surface area contributed by atoms with Crippen molar-refractivity contribution in [2.24, 2.45) is 5.92 Å². The fourth-order valence-electron chi connectivity index (χ4n) is 5.70. The molecule has 1 amide bonds. The van der Waals surface area contributed by atoms with Gasteiger partial charge in [0.1, 0.15) is 5.69 Å². The lowest BCUT2D eigenvalue weighted by Crippen LogP contribution is -2.24. The first-order valence-electron chi connectivity index (χ1n) is 13.5. The lowest BCUT2D eigenvalue weighted by Gasteiger charge is -2.20. The number of rotatable bonds is 5. The van der Waals surface area contributed by atoms with Crippen LogP contribution in [0.1, 0.15) is 32.1 Å². The normalized spacial score (nSPS) is 14.2. The zero-order chi connectivity index (χ0) is 26.2. The first kappa shape index (κ1) is 23.3. The molecule has 4 aromatic heterocycles. The van der Waals surface area contributed by atoms with Crippen molar-refractivity contribution in [3.05, 3.63) is 85.3 Å². The largest absolute Gasteiger partial charge is 0.353 e. The molecular weight excluding hydrogens is 484 g/mol. The molecule has 3 N–H and O–H groups in total. The van der Waals surface area contributed by atoms with Crippen molar-refractivity contribution in [2.75, 3.05) is 5.32 Å². The molecule has 6 aromatic rings. The summed E-state index contributed by atoms with van der Waals surface area (Å²) in [6.07, 6.45) is 10.8. The Morgan fingerprint density at radius 3 is 2.64 bits per heavy atom. The van der Waals surface area contributed by atoms with Crippen LogP contribution in [0.5, 0.6) is 0 Å². The monoisotopic (exact) mass is 512 g/mol. The van der Waals surface area contributed by atoms with E-state index in [-0.39, 0.29) is 11.8 Å². The van der Waals surface area contributed by atoms with Crippen LogP contribution in [0.3, 0.4) is 0 Å². The fourth-order valence-corrected chi connectivity index (χ4v) is 5.70. The highest BCUT2D eigenvalue weighted by Crippen LogP contribution is 2.35. The number of carbonyl (C=O) groups excluding carboxylic acids is 1. The molecule has 0 unspecified atom stereocenters. The number of amides is 1. The second-order valence-electron chi connectivity index (χ2n) is 10.3. The molecule has 0 radical (unpaired) electrons. The van der Waals surface area contributed by atoms with Gasteiger partial charge in [-0.15, -0.1) is 0 Å². The SMILES string of the molecule is O=C(Nc1cncc(-c2ccc3[nH]nc(-c4cc5c(-c6ccccn6)cccc5[nH]4)c3c2)c1)C1CCCCC1.